The molecule has 2 nitrogen and oxygen atoms in total. The molecule has 0 bridgehead atoms. The number of rotatable bonds is 3. The fourth-order valence-electron chi connectivity index (χ4n) is 2.25. The molecule has 22 heavy (non-hydrogen) atoms. The van der Waals surface area contributed by atoms with Crippen molar-refractivity contribution in [3.63, 3.8) is 0 Å². The average Bonchev–Trinajstić information content (AvgIpc) is 2.56. The van der Waals surface area contributed by atoms with Crippen LogP contribution in [0, 0.1) is 3.57 Å². The molecule has 114 valence electrons. The lowest BCUT2D eigenvalue weighted by Gasteiger charge is -2.21. The first-order valence-corrected chi connectivity index (χ1v) is 10.3. The second kappa shape index (κ2) is 7.75. The predicted molar refractivity (Wildman–Crippen MR) is 106 cm³/mol. The Balaban J connectivity index is 1.72. The molecule has 0 atom stereocenters. The van der Waals surface area contributed by atoms with E-state index in [1.165, 1.54) is 23.5 Å². The number of halogens is 1. The molecule has 0 unspecified atom stereocenters. The van der Waals surface area contributed by atoms with E-state index in [0.717, 1.165) is 9.26 Å². The number of carbonyl (C=O) groups excluding carboxylic acids is 1. The van der Waals surface area contributed by atoms with Gasteiger partial charge in [-0.25, -0.2) is 0 Å². The minimum Gasteiger partial charge on any atom is -0.322 e. The summed E-state index contributed by atoms with van der Waals surface area (Å²) in [5.74, 6) is 2.38. The van der Waals surface area contributed by atoms with Gasteiger partial charge in [-0.15, -0.1) is 23.5 Å². The van der Waals surface area contributed by atoms with Crippen LogP contribution in [0.1, 0.15) is 26.9 Å². The molecule has 1 fully saturated rings. The van der Waals surface area contributed by atoms with Gasteiger partial charge in [0, 0.05) is 14.8 Å². The van der Waals surface area contributed by atoms with Crippen molar-refractivity contribution in [2.75, 3.05) is 16.8 Å². The van der Waals surface area contributed by atoms with Crippen molar-refractivity contribution in [3.8, 4) is 0 Å². The Morgan fingerprint density at radius 2 is 1.82 bits per heavy atom. The summed E-state index contributed by atoms with van der Waals surface area (Å²) >= 11 is 6.22. The third-order valence-electron chi connectivity index (χ3n) is 3.35. The quantitative estimate of drug-likeness (QED) is 0.646. The molecule has 1 saturated heterocycles. The standard InChI is InChI=1S/C17H16INOS2/c18-14-7-5-12(6-8-14)16(20)19-15-4-1-3-13(11-15)17-21-9-2-10-22-17/h1,3-8,11,17H,2,9-10H2,(H,19,20). The van der Waals surface area contributed by atoms with Gasteiger partial charge in [0.05, 0.1) is 4.58 Å². The Bertz CT molecular complexity index is 654. The van der Waals surface area contributed by atoms with E-state index in [-0.39, 0.29) is 5.91 Å². The van der Waals surface area contributed by atoms with Crippen molar-refractivity contribution >= 4 is 57.7 Å². The summed E-state index contributed by atoms with van der Waals surface area (Å²) in [6.07, 6.45) is 1.29. The number of thioether (sulfide) groups is 2. The van der Waals surface area contributed by atoms with Gasteiger partial charge in [-0.05, 0) is 82.5 Å². The molecule has 0 spiro atoms. The molecule has 0 radical (unpaired) electrons. The summed E-state index contributed by atoms with van der Waals surface area (Å²) in [7, 11) is 0. The molecule has 1 aliphatic heterocycles. The lowest BCUT2D eigenvalue weighted by atomic mass is 10.2. The molecule has 1 amide bonds. The predicted octanol–water partition coefficient (Wildman–Crippen LogP) is 5.41. The molecule has 3 rings (SSSR count). The summed E-state index contributed by atoms with van der Waals surface area (Å²) in [6.45, 7) is 0. The number of hydrogen-bond donors (Lipinski definition) is 1. The van der Waals surface area contributed by atoms with E-state index in [9.17, 15) is 4.79 Å². The monoisotopic (exact) mass is 441 g/mol. The smallest absolute Gasteiger partial charge is 0.255 e. The SMILES string of the molecule is O=C(Nc1cccc(C2SCCCS2)c1)c1ccc(I)cc1. The molecule has 2 aromatic rings. The van der Waals surface area contributed by atoms with E-state index in [0.29, 0.717) is 10.1 Å². The van der Waals surface area contributed by atoms with Crippen molar-refractivity contribution in [2.24, 2.45) is 0 Å². The molecule has 1 heterocycles. The number of anilines is 1. The van der Waals surface area contributed by atoms with Crippen LogP contribution < -0.4 is 5.32 Å². The number of benzene rings is 2. The first-order chi connectivity index (χ1) is 10.7. The normalized spacial score (nSPS) is 15.5. The molecule has 2 aromatic carbocycles. The van der Waals surface area contributed by atoms with Crippen LogP contribution in [0.4, 0.5) is 5.69 Å². The number of carbonyl (C=O) groups is 1. The van der Waals surface area contributed by atoms with Crippen LogP contribution >= 0.6 is 46.1 Å². The van der Waals surface area contributed by atoms with Crippen molar-refractivity contribution in [1.29, 1.82) is 0 Å². The van der Waals surface area contributed by atoms with Gasteiger partial charge in [0.2, 0.25) is 0 Å². The number of hydrogen-bond acceptors (Lipinski definition) is 3. The Morgan fingerprint density at radius 3 is 2.55 bits per heavy atom. The third-order valence-corrected chi connectivity index (χ3v) is 7.08. The van der Waals surface area contributed by atoms with Crippen molar-refractivity contribution in [2.45, 2.75) is 11.0 Å². The second-order valence-corrected chi connectivity index (χ2v) is 8.98. The van der Waals surface area contributed by atoms with Gasteiger partial charge >= 0.3 is 0 Å². The Labute approximate surface area is 153 Å². The number of amides is 1. The van der Waals surface area contributed by atoms with E-state index in [4.69, 9.17) is 0 Å². The zero-order valence-corrected chi connectivity index (χ0v) is 15.7. The van der Waals surface area contributed by atoms with Gasteiger partial charge in [0.25, 0.3) is 5.91 Å². The van der Waals surface area contributed by atoms with Crippen LogP contribution in [-0.4, -0.2) is 17.4 Å². The summed E-state index contributed by atoms with van der Waals surface area (Å²) in [5, 5.41) is 3.00. The van der Waals surface area contributed by atoms with E-state index in [2.05, 4.69) is 40.0 Å². The third kappa shape index (κ3) is 4.20. The van der Waals surface area contributed by atoms with Crippen LogP contribution in [0.15, 0.2) is 48.5 Å². The molecule has 0 aliphatic carbocycles. The zero-order chi connectivity index (χ0) is 15.4. The molecular weight excluding hydrogens is 425 g/mol. The van der Waals surface area contributed by atoms with Crippen molar-refractivity contribution in [1.82, 2.24) is 0 Å². The minimum absolute atomic E-state index is 0.0579. The van der Waals surface area contributed by atoms with Crippen LogP contribution in [0.5, 0.6) is 0 Å². The van der Waals surface area contributed by atoms with Crippen LogP contribution in [-0.2, 0) is 0 Å². The summed E-state index contributed by atoms with van der Waals surface area (Å²) in [4.78, 5) is 12.3. The molecule has 0 saturated carbocycles. The van der Waals surface area contributed by atoms with Gasteiger partial charge in [-0.3, -0.25) is 4.79 Å². The highest BCUT2D eigenvalue weighted by atomic mass is 127. The van der Waals surface area contributed by atoms with E-state index < -0.39 is 0 Å². The Morgan fingerprint density at radius 1 is 1.09 bits per heavy atom. The van der Waals surface area contributed by atoms with Gasteiger partial charge in [-0.1, -0.05) is 12.1 Å². The van der Waals surface area contributed by atoms with Gasteiger partial charge in [-0.2, -0.15) is 0 Å². The fraction of sp³-hybridized carbons (Fsp3) is 0.235. The van der Waals surface area contributed by atoms with Crippen molar-refractivity contribution in [3.05, 3.63) is 63.2 Å². The highest BCUT2D eigenvalue weighted by Crippen LogP contribution is 2.44. The van der Waals surface area contributed by atoms with Crippen molar-refractivity contribution < 1.29 is 4.79 Å². The van der Waals surface area contributed by atoms with Gasteiger partial charge < -0.3 is 5.32 Å². The maximum atomic E-state index is 12.3. The zero-order valence-electron chi connectivity index (χ0n) is 11.9. The summed E-state index contributed by atoms with van der Waals surface area (Å²) in [6, 6.07) is 15.8. The minimum atomic E-state index is -0.0579. The van der Waals surface area contributed by atoms with Crippen LogP contribution in [0.2, 0.25) is 0 Å². The van der Waals surface area contributed by atoms with Crippen LogP contribution in [0.3, 0.4) is 0 Å². The second-order valence-electron chi connectivity index (χ2n) is 5.01. The lowest BCUT2D eigenvalue weighted by Crippen LogP contribution is -2.12. The Kier molecular flexibility index (Phi) is 5.71. The topological polar surface area (TPSA) is 29.1 Å². The Hall–Kier alpha value is -0.660. The van der Waals surface area contributed by atoms with E-state index >= 15 is 0 Å². The van der Waals surface area contributed by atoms with Gasteiger partial charge in [0.15, 0.2) is 0 Å². The van der Waals surface area contributed by atoms with Crippen LogP contribution in [0.25, 0.3) is 0 Å². The molecule has 0 aromatic heterocycles. The highest BCUT2D eigenvalue weighted by molar-refractivity contribution is 14.1. The molecule has 5 heteroatoms. The maximum absolute atomic E-state index is 12.3. The average molecular weight is 441 g/mol. The first kappa shape index (κ1) is 16.2. The number of nitrogens with one attached hydrogen (secondary N) is 1. The fourth-order valence-corrected chi connectivity index (χ4v) is 5.48. The highest BCUT2D eigenvalue weighted by Gasteiger charge is 2.17. The van der Waals surface area contributed by atoms with Gasteiger partial charge in [0.1, 0.15) is 0 Å². The first-order valence-electron chi connectivity index (χ1n) is 7.12. The summed E-state index contributed by atoms with van der Waals surface area (Å²) in [5.41, 5.74) is 2.84. The molecular formula is C17H16INOS2. The molecule has 1 N–H and O–H groups in total. The lowest BCUT2D eigenvalue weighted by molar-refractivity contribution is 0.102. The summed E-state index contributed by atoms with van der Waals surface area (Å²) < 4.78 is 1.62. The largest absolute Gasteiger partial charge is 0.322 e. The molecule has 1 aliphatic rings. The van der Waals surface area contributed by atoms with E-state index in [1.807, 2.05) is 59.9 Å². The maximum Gasteiger partial charge on any atom is 0.255 e. The van der Waals surface area contributed by atoms with E-state index in [1.54, 1.807) is 0 Å².